The molecule has 0 radical (unpaired) electrons. The molecule has 5 nitrogen and oxygen atoms in total. The second-order valence-electron chi connectivity index (χ2n) is 4.23. The summed E-state index contributed by atoms with van der Waals surface area (Å²) in [6.07, 6.45) is 1.33. The van der Waals surface area contributed by atoms with Crippen LogP contribution in [0.3, 0.4) is 0 Å². The van der Waals surface area contributed by atoms with E-state index in [9.17, 15) is 14.4 Å². The Morgan fingerprint density at radius 3 is 2.00 bits per heavy atom. The second kappa shape index (κ2) is 5.97. The number of benzene rings is 1. The number of ketones is 2. The molecule has 21 heavy (non-hydrogen) atoms. The zero-order valence-corrected chi connectivity index (χ0v) is 12.4. The fourth-order valence-electron chi connectivity index (χ4n) is 2.26. The Hall–Kier alpha value is -2.34. The van der Waals surface area contributed by atoms with Crippen molar-refractivity contribution >= 4 is 23.8 Å². The number of fused-ring (bicyclic) bond motifs is 1. The number of Topliss-reactive ketones (excluding diaryl/α,β-unsaturated/α-hetero) is 2. The normalized spacial score (nSPS) is 13.6. The maximum Gasteiger partial charge on any atom is 0.256 e. The number of rotatable bonds is 1. The summed E-state index contributed by atoms with van der Waals surface area (Å²) in [6, 6.07) is 6.56. The Morgan fingerprint density at radius 2 is 1.52 bits per heavy atom. The first kappa shape index (κ1) is 15.1. The van der Waals surface area contributed by atoms with E-state index >= 15 is 0 Å². The molecule has 1 aromatic heterocycles. The van der Waals surface area contributed by atoms with Crippen molar-refractivity contribution in [1.29, 1.82) is 0 Å². The first-order chi connectivity index (χ1) is 10.1. The van der Waals surface area contributed by atoms with Gasteiger partial charge in [-0.1, -0.05) is 38.1 Å². The molecule has 0 aliphatic heterocycles. The van der Waals surface area contributed by atoms with E-state index in [1.54, 1.807) is 24.3 Å². The Morgan fingerprint density at radius 1 is 1.00 bits per heavy atom. The molecule has 1 aromatic carbocycles. The number of carbonyl (C=O) groups excluding carboxylic acids is 2. The van der Waals surface area contributed by atoms with Crippen LogP contribution in [-0.4, -0.2) is 21.5 Å². The summed E-state index contributed by atoms with van der Waals surface area (Å²) in [4.78, 5) is 41.3. The van der Waals surface area contributed by atoms with Gasteiger partial charge in [0.1, 0.15) is 5.92 Å². The monoisotopic (exact) mass is 302 g/mol. The van der Waals surface area contributed by atoms with Gasteiger partial charge in [0.15, 0.2) is 16.3 Å². The molecule has 0 amide bonds. The van der Waals surface area contributed by atoms with Crippen LogP contribution >= 0.6 is 12.2 Å². The first-order valence-electron chi connectivity index (χ1n) is 6.59. The van der Waals surface area contributed by atoms with Gasteiger partial charge < -0.3 is 4.98 Å². The van der Waals surface area contributed by atoms with E-state index in [0.29, 0.717) is 11.1 Å². The van der Waals surface area contributed by atoms with Gasteiger partial charge in [0.25, 0.3) is 5.56 Å². The Kier molecular flexibility index (Phi) is 4.28. The Balaban J connectivity index is 0.000000774. The number of aromatic amines is 2. The summed E-state index contributed by atoms with van der Waals surface area (Å²) < 4.78 is 0.157. The van der Waals surface area contributed by atoms with Crippen molar-refractivity contribution in [2.75, 3.05) is 0 Å². The lowest BCUT2D eigenvalue weighted by atomic mass is 9.97. The van der Waals surface area contributed by atoms with E-state index in [1.165, 1.54) is 6.20 Å². The van der Waals surface area contributed by atoms with Crippen LogP contribution in [0.25, 0.3) is 0 Å². The second-order valence-corrected chi connectivity index (χ2v) is 4.64. The van der Waals surface area contributed by atoms with Crippen molar-refractivity contribution in [3.8, 4) is 0 Å². The number of aromatic nitrogens is 2. The molecule has 1 heterocycles. The van der Waals surface area contributed by atoms with Crippen LogP contribution in [0, 0.1) is 4.77 Å². The molecule has 0 atom stereocenters. The summed E-state index contributed by atoms with van der Waals surface area (Å²) in [5.41, 5.74) is 0.307. The third-order valence-electron chi connectivity index (χ3n) is 3.14. The first-order valence-corrected chi connectivity index (χ1v) is 7.00. The van der Waals surface area contributed by atoms with Crippen LogP contribution in [0.1, 0.15) is 46.0 Å². The van der Waals surface area contributed by atoms with Crippen LogP contribution in [0.2, 0.25) is 0 Å². The van der Waals surface area contributed by atoms with Gasteiger partial charge in [0.05, 0.1) is 5.56 Å². The van der Waals surface area contributed by atoms with Crippen LogP contribution in [0.15, 0.2) is 35.3 Å². The third-order valence-corrected chi connectivity index (χ3v) is 3.36. The molecule has 2 N–H and O–H groups in total. The highest BCUT2D eigenvalue weighted by Crippen LogP contribution is 2.31. The molecule has 0 unspecified atom stereocenters. The molecule has 108 valence electrons. The number of hydrogen-bond donors (Lipinski definition) is 2. The van der Waals surface area contributed by atoms with Gasteiger partial charge in [-0.2, -0.15) is 0 Å². The topological polar surface area (TPSA) is 82.8 Å². The maximum absolute atomic E-state index is 12.2. The van der Waals surface area contributed by atoms with Crippen molar-refractivity contribution in [3.63, 3.8) is 0 Å². The Labute approximate surface area is 126 Å². The number of H-pyrrole nitrogens is 2. The SMILES string of the molecule is CC.O=C1c2ccccc2C(=O)C1c1c[nH]c(=S)[nH]c1=O. The highest BCUT2D eigenvalue weighted by atomic mass is 32.1. The fraction of sp³-hybridized carbons (Fsp3) is 0.200. The maximum atomic E-state index is 12.2. The van der Waals surface area contributed by atoms with Crippen LogP contribution in [-0.2, 0) is 0 Å². The summed E-state index contributed by atoms with van der Waals surface area (Å²) in [7, 11) is 0. The smallest absolute Gasteiger partial charge is 0.256 e. The number of hydrogen-bond acceptors (Lipinski definition) is 4. The molecule has 0 fully saturated rings. The highest BCUT2D eigenvalue weighted by molar-refractivity contribution is 7.71. The van der Waals surface area contributed by atoms with Gasteiger partial charge in [0, 0.05) is 17.3 Å². The quantitative estimate of drug-likeness (QED) is 0.626. The lowest BCUT2D eigenvalue weighted by Gasteiger charge is -2.05. The summed E-state index contributed by atoms with van der Waals surface area (Å²) in [5, 5.41) is 0. The van der Waals surface area contributed by atoms with Crippen molar-refractivity contribution in [2.45, 2.75) is 19.8 Å². The molecule has 3 rings (SSSR count). The zero-order valence-electron chi connectivity index (χ0n) is 11.6. The number of nitrogens with one attached hydrogen (secondary N) is 2. The fourth-order valence-corrected chi connectivity index (χ4v) is 2.41. The summed E-state index contributed by atoms with van der Waals surface area (Å²) in [5.74, 6) is -1.78. The van der Waals surface area contributed by atoms with Crippen molar-refractivity contribution in [3.05, 3.63) is 62.3 Å². The molecule has 0 spiro atoms. The Bertz CT molecular complexity index is 785. The van der Waals surface area contributed by atoms with Crippen LogP contribution < -0.4 is 5.56 Å². The van der Waals surface area contributed by atoms with E-state index in [2.05, 4.69) is 9.97 Å². The van der Waals surface area contributed by atoms with E-state index in [-0.39, 0.29) is 21.9 Å². The van der Waals surface area contributed by atoms with Gasteiger partial charge in [-0.15, -0.1) is 0 Å². The van der Waals surface area contributed by atoms with Gasteiger partial charge in [-0.3, -0.25) is 19.4 Å². The number of carbonyl (C=O) groups is 2. The molecular weight excluding hydrogens is 288 g/mol. The molecule has 1 aliphatic carbocycles. The highest BCUT2D eigenvalue weighted by Gasteiger charge is 2.40. The lowest BCUT2D eigenvalue weighted by Crippen LogP contribution is -2.23. The minimum absolute atomic E-state index is 0.0970. The predicted molar refractivity (Wildman–Crippen MR) is 81.4 cm³/mol. The summed E-state index contributed by atoms with van der Waals surface area (Å²) in [6.45, 7) is 4.00. The van der Waals surface area contributed by atoms with Crippen molar-refractivity contribution in [1.82, 2.24) is 9.97 Å². The minimum Gasteiger partial charge on any atom is -0.338 e. The summed E-state index contributed by atoms with van der Waals surface area (Å²) >= 11 is 4.78. The largest absolute Gasteiger partial charge is 0.338 e. The molecular formula is C15H14N2O3S. The predicted octanol–water partition coefficient (Wildman–Crippen LogP) is 2.62. The molecule has 1 aliphatic rings. The molecule has 0 saturated carbocycles. The van der Waals surface area contributed by atoms with E-state index in [4.69, 9.17) is 12.2 Å². The van der Waals surface area contributed by atoms with Gasteiger partial charge >= 0.3 is 0 Å². The average Bonchev–Trinajstić information content (AvgIpc) is 2.75. The zero-order chi connectivity index (χ0) is 15.6. The molecule has 0 bridgehead atoms. The van der Waals surface area contributed by atoms with E-state index < -0.39 is 11.5 Å². The average molecular weight is 302 g/mol. The molecule has 0 saturated heterocycles. The third kappa shape index (κ3) is 2.50. The van der Waals surface area contributed by atoms with Gasteiger partial charge in [-0.05, 0) is 12.2 Å². The van der Waals surface area contributed by atoms with Crippen molar-refractivity contribution < 1.29 is 9.59 Å². The standard InChI is InChI=1S/C13H8N2O3S.C2H6/c16-10-6-3-1-2-4-7(6)11(17)9(10)8-5-14-13(19)15-12(8)18;1-2/h1-5,9H,(H2,14,15,18,19);1-2H3. The lowest BCUT2D eigenvalue weighted by molar-refractivity contribution is 0.0889. The van der Waals surface area contributed by atoms with E-state index in [1.807, 2.05) is 13.8 Å². The minimum atomic E-state index is -1.08. The van der Waals surface area contributed by atoms with Crippen molar-refractivity contribution in [2.24, 2.45) is 0 Å². The van der Waals surface area contributed by atoms with Gasteiger partial charge in [0.2, 0.25) is 0 Å². The van der Waals surface area contributed by atoms with Gasteiger partial charge in [-0.25, -0.2) is 0 Å². The molecule has 2 aromatic rings. The van der Waals surface area contributed by atoms with Crippen LogP contribution in [0.5, 0.6) is 0 Å². The van der Waals surface area contributed by atoms with E-state index in [0.717, 1.165) is 0 Å². The van der Waals surface area contributed by atoms with Crippen LogP contribution in [0.4, 0.5) is 0 Å². The molecule has 6 heteroatoms.